The van der Waals surface area contributed by atoms with Crippen LogP contribution in [-0.4, -0.2) is 30.0 Å². The predicted octanol–water partition coefficient (Wildman–Crippen LogP) is 4.33. The van der Waals surface area contributed by atoms with Crippen LogP contribution in [0.25, 0.3) is 10.9 Å². The van der Waals surface area contributed by atoms with Crippen molar-refractivity contribution in [3.63, 3.8) is 0 Å². The lowest BCUT2D eigenvalue weighted by atomic mass is 10.0. The highest BCUT2D eigenvalue weighted by molar-refractivity contribution is 6.35. The van der Waals surface area contributed by atoms with Gasteiger partial charge >= 0.3 is 0 Å². The van der Waals surface area contributed by atoms with E-state index in [-0.39, 0.29) is 11.9 Å². The van der Waals surface area contributed by atoms with Crippen molar-refractivity contribution < 1.29 is 4.79 Å². The van der Waals surface area contributed by atoms with Crippen LogP contribution in [0.4, 0.5) is 11.5 Å². The first-order valence-electron chi connectivity index (χ1n) is 10.00. The Bertz CT molecular complexity index is 834. The molecule has 1 aliphatic carbocycles. The number of pyridine rings is 1. The molecule has 3 N–H and O–H groups in total. The molecule has 2 aromatic rings. The van der Waals surface area contributed by atoms with E-state index < -0.39 is 0 Å². The van der Waals surface area contributed by atoms with E-state index in [2.05, 4.69) is 10.2 Å². The van der Waals surface area contributed by atoms with E-state index in [1.54, 1.807) is 0 Å². The van der Waals surface area contributed by atoms with E-state index in [9.17, 15) is 4.79 Å². The Balaban J connectivity index is 1.51. The summed E-state index contributed by atoms with van der Waals surface area (Å²) >= 11 is 6.39. The molecule has 144 valence electrons. The van der Waals surface area contributed by atoms with Gasteiger partial charge in [0.05, 0.1) is 16.2 Å². The summed E-state index contributed by atoms with van der Waals surface area (Å²) in [5.74, 6) is 1.66. The summed E-state index contributed by atoms with van der Waals surface area (Å²) in [6, 6.07) is 7.92. The lowest BCUT2D eigenvalue weighted by Crippen LogP contribution is -2.26. The average molecular weight is 387 g/mol. The summed E-state index contributed by atoms with van der Waals surface area (Å²) < 4.78 is 0. The molecule has 2 heterocycles. The molecule has 4 rings (SSSR count). The Morgan fingerprint density at radius 2 is 2.04 bits per heavy atom. The van der Waals surface area contributed by atoms with E-state index in [0.717, 1.165) is 42.7 Å². The summed E-state index contributed by atoms with van der Waals surface area (Å²) in [4.78, 5) is 19.4. The second kappa shape index (κ2) is 8.03. The molecule has 1 amide bonds. The summed E-state index contributed by atoms with van der Waals surface area (Å²) in [6.45, 7) is 1.76. The molecular weight excluding hydrogens is 360 g/mol. The number of nitrogens with zero attached hydrogens (tertiary/aromatic N) is 2. The third-order valence-corrected chi connectivity index (χ3v) is 6.19. The van der Waals surface area contributed by atoms with E-state index in [0.29, 0.717) is 23.0 Å². The number of anilines is 2. The zero-order valence-electron chi connectivity index (χ0n) is 15.6. The number of carbonyl (C=O) groups is 1. The number of hydrogen-bond acceptors (Lipinski definition) is 4. The fourth-order valence-electron chi connectivity index (χ4n) is 4.30. The Labute approximate surface area is 165 Å². The van der Waals surface area contributed by atoms with Crippen LogP contribution in [0.3, 0.4) is 0 Å². The minimum absolute atomic E-state index is 0.0332. The standard InChI is InChI=1S/C21H27ClN4O/c22-17-7-8-18-16(6-9-19(24-18)26-12-11-15(23)13-26)21(17)25-20(27)10-5-14-3-1-2-4-14/h6-9,14-15H,1-5,10-13,23H2,(H,25,27)/t15-/m0/s1. The van der Waals surface area contributed by atoms with E-state index in [1.807, 2.05) is 24.3 Å². The highest BCUT2D eigenvalue weighted by Crippen LogP contribution is 2.33. The Morgan fingerprint density at radius 1 is 1.22 bits per heavy atom. The monoisotopic (exact) mass is 386 g/mol. The number of rotatable bonds is 5. The maximum absolute atomic E-state index is 12.5. The fraction of sp³-hybridized carbons (Fsp3) is 0.524. The minimum Gasteiger partial charge on any atom is -0.355 e. The van der Waals surface area contributed by atoms with Gasteiger partial charge in [-0.05, 0) is 43.0 Å². The smallest absolute Gasteiger partial charge is 0.224 e. The summed E-state index contributed by atoms with van der Waals surface area (Å²) in [5, 5.41) is 4.46. The van der Waals surface area contributed by atoms with Crippen molar-refractivity contribution in [2.24, 2.45) is 11.7 Å². The number of aromatic nitrogens is 1. The van der Waals surface area contributed by atoms with Crippen molar-refractivity contribution in [2.75, 3.05) is 23.3 Å². The molecule has 0 radical (unpaired) electrons. The van der Waals surface area contributed by atoms with Gasteiger partial charge < -0.3 is 16.0 Å². The van der Waals surface area contributed by atoms with E-state index in [1.165, 1.54) is 25.7 Å². The zero-order chi connectivity index (χ0) is 18.8. The van der Waals surface area contributed by atoms with Crippen LogP contribution < -0.4 is 16.0 Å². The molecule has 1 aromatic carbocycles. The maximum Gasteiger partial charge on any atom is 0.224 e. The van der Waals surface area contributed by atoms with Crippen LogP contribution in [-0.2, 0) is 4.79 Å². The molecular formula is C21H27ClN4O. The molecule has 1 atom stereocenters. The Kier molecular flexibility index (Phi) is 5.50. The second-order valence-electron chi connectivity index (χ2n) is 7.89. The number of nitrogens with two attached hydrogens (primary N) is 1. The molecule has 1 aliphatic heterocycles. The largest absolute Gasteiger partial charge is 0.355 e. The lowest BCUT2D eigenvalue weighted by Gasteiger charge is -2.18. The van der Waals surface area contributed by atoms with Crippen LogP contribution in [0, 0.1) is 5.92 Å². The molecule has 27 heavy (non-hydrogen) atoms. The van der Waals surface area contributed by atoms with Crippen molar-refractivity contribution in [3.05, 3.63) is 29.3 Å². The molecule has 0 spiro atoms. The van der Waals surface area contributed by atoms with Gasteiger partial charge in [0.25, 0.3) is 0 Å². The summed E-state index contributed by atoms with van der Waals surface area (Å²) in [6.07, 6.45) is 7.63. The third-order valence-electron chi connectivity index (χ3n) is 5.87. The first kappa shape index (κ1) is 18.5. The van der Waals surface area contributed by atoms with E-state index >= 15 is 0 Å². The molecule has 1 saturated heterocycles. The summed E-state index contributed by atoms with van der Waals surface area (Å²) in [5.41, 5.74) is 7.52. The molecule has 1 aromatic heterocycles. The predicted molar refractivity (Wildman–Crippen MR) is 111 cm³/mol. The van der Waals surface area contributed by atoms with Crippen LogP contribution in [0.1, 0.15) is 44.9 Å². The number of nitrogens with one attached hydrogen (secondary N) is 1. The number of halogens is 1. The molecule has 5 nitrogen and oxygen atoms in total. The van der Waals surface area contributed by atoms with Gasteiger partial charge in [0.15, 0.2) is 0 Å². The maximum atomic E-state index is 12.5. The number of hydrogen-bond donors (Lipinski definition) is 2. The lowest BCUT2D eigenvalue weighted by molar-refractivity contribution is -0.116. The SMILES string of the molecule is N[C@H]1CCN(c2ccc3c(NC(=O)CCC4CCCC4)c(Cl)ccc3n2)C1. The van der Waals surface area contributed by atoms with Gasteiger partial charge in [0, 0.05) is 30.9 Å². The van der Waals surface area contributed by atoms with Crippen molar-refractivity contribution in [2.45, 2.75) is 51.0 Å². The Morgan fingerprint density at radius 3 is 2.78 bits per heavy atom. The van der Waals surface area contributed by atoms with Gasteiger partial charge in [-0.1, -0.05) is 37.3 Å². The van der Waals surface area contributed by atoms with Crippen LogP contribution in [0.5, 0.6) is 0 Å². The molecule has 0 bridgehead atoms. The molecule has 0 unspecified atom stereocenters. The van der Waals surface area contributed by atoms with Crippen molar-refractivity contribution in [1.82, 2.24) is 4.98 Å². The molecule has 1 saturated carbocycles. The number of carbonyl (C=O) groups excluding carboxylic acids is 1. The fourth-order valence-corrected chi connectivity index (χ4v) is 4.51. The minimum atomic E-state index is 0.0332. The number of amides is 1. The van der Waals surface area contributed by atoms with Gasteiger partial charge in [-0.3, -0.25) is 4.79 Å². The average Bonchev–Trinajstić information content (AvgIpc) is 3.33. The van der Waals surface area contributed by atoms with Crippen molar-refractivity contribution in [3.8, 4) is 0 Å². The third kappa shape index (κ3) is 4.19. The highest BCUT2D eigenvalue weighted by atomic mass is 35.5. The second-order valence-corrected chi connectivity index (χ2v) is 8.30. The van der Waals surface area contributed by atoms with Gasteiger partial charge in [-0.2, -0.15) is 0 Å². The van der Waals surface area contributed by atoms with Crippen molar-refractivity contribution in [1.29, 1.82) is 0 Å². The van der Waals surface area contributed by atoms with Gasteiger partial charge in [0.2, 0.25) is 5.91 Å². The quantitative estimate of drug-likeness (QED) is 0.802. The Hall–Kier alpha value is -1.85. The van der Waals surface area contributed by atoms with Gasteiger partial charge in [0.1, 0.15) is 5.82 Å². The van der Waals surface area contributed by atoms with Gasteiger partial charge in [-0.25, -0.2) is 4.98 Å². The summed E-state index contributed by atoms with van der Waals surface area (Å²) in [7, 11) is 0. The van der Waals surface area contributed by atoms with E-state index in [4.69, 9.17) is 22.3 Å². The number of fused-ring (bicyclic) bond motifs is 1. The van der Waals surface area contributed by atoms with Crippen molar-refractivity contribution >= 4 is 39.9 Å². The van der Waals surface area contributed by atoms with Crippen LogP contribution in [0.15, 0.2) is 24.3 Å². The molecule has 2 aliphatic rings. The van der Waals surface area contributed by atoms with Crippen LogP contribution in [0.2, 0.25) is 5.02 Å². The first-order valence-corrected chi connectivity index (χ1v) is 10.4. The number of benzene rings is 1. The zero-order valence-corrected chi connectivity index (χ0v) is 16.3. The first-order chi connectivity index (χ1) is 13.1. The topological polar surface area (TPSA) is 71.2 Å². The molecule has 2 fully saturated rings. The molecule has 6 heteroatoms. The normalized spacial score (nSPS) is 20.5. The van der Waals surface area contributed by atoms with Crippen LogP contribution >= 0.6 is 11.6 Å². The highest BCUT2D eigenvalue weighted by Gasteiger charge is 2.21. The van der Waals surface area contributed by atoms with Gasteiger partial charge in [-0.15, -0.1) is 0 Å².